The SMILES string of the molecule is CN(Cc1ncon1)C(=O)[C@H]1OCC(=O)N(C2CC2)[C@@H]1c1cccnc1. The minimum atomic E-state index is -0.797. The Kier molecular flexibility index (Phi) is 4.37. The Balaban J connectivity index is 1.61. The Morgan fingerprint density at radius 3 is 2.92 bits per heavy atom. The molecule has 9 nitrogen and oxygen atoms in total. The van der Waals surface area contributed by atoms with Crippen molar-refractivity contribution in [3.05, 3.63) is 42.3 Å². The topological polar surface area (TPSA) is 102 Å². The lowest BCUT2D eigenvalue weighted by atomic mass is 9.98. The number of amides is 2. The first-order chi connectivity index (χ1) is 12.6. The molecule has 1 saturated heterocycles. The minimum Gasteiger partial charge on any atom is -0.356 e. The van der Waals surface area contributed by atoms with E-state index in [1.807, 2.05) is 6.07 Å². The van der Waals surface area contributed by atoms with Crippen LogP contribution in [0.4, 0.5) is 0 Å². The number of pyridine rings is 1. The van der Waals surface area contributed by atoms with Crippen molar-refractivity contribution in [3.63, 3.8) is 0 Å². The first kappa shape index (κ1) is 16.6. The molecule has 0 unspecified atom stereocenters. The zero-order valence-corrected chi connectivity index (χ0v) is 14.3. The van der Waals surface area contributed by atoms with Crippen molar-refractivity contribution in [2.75, 3.05) is 13.7 Å². The summed E-state index contributed by atoms with van der Waals surface area (Å²) in [4.78, 5) is 36.9. The van der Waals surface area contributed by atoms with Crippen LogP contribution in [0.2, 0.25) is 0 Å². The van der Waals surface area contributed by atoms with Crippen LogP contribution in [0.1, 0.15) is 30.3 Å². The molecule has 136 valence electrons. The van der Waals surface area contributed by atoms with Gasteiger partial charge in [-0.25, -0.2) is 0 Å². The summed E-state index contributed by atoms with van der Waals surface area (Å²) in [6.07, 6.45) is 5.66. The minimum absolute atomic E-state index is 0.0915. The average molecular weight is 357 g/mol. The van der Waals surface area contributed by atoms with Crippen molar-refractivity contribution in [2.24, 2.45) is 0 Å². The standard InChI is InChI=1S/C17H19N5O4/c1-21(8-13-19-10-26-20-13)17(24)16-15(11-3-2-6-18-7-11)22(12-4-5-12)14(23)9-25-16/h2-3,6-7,10,12,15-16H,4-5,8-9H2,1H3/t15-,16+/m1/s1. The van der Waals surface area contributed by atoms with Gasteiger partial charge >= 0.3 is 0 Å². The second-order valence-electron chi connectivity index (χ2n) is 6.54. The van der Waals surface area contributed by atoms with Crippen LogP contribution >= 0.6 is 0 Å². The van der Waals surface area contributed by atoms with E-state index in [4.69, 9.17) is 9.26 Å². The predicted octanol–water partition coefficient (Wildman–Crippen LogP) is 0.554. The molecule has 0 bridgehead atoms. The number of carbonyl (C=O) groups excluding carboxylic acids is 2. The summed E-state index contributed by atoms with van der Waals surface area (Å²) in [5, 5.41) is 3.73. The molecule has 2 amide bonds. The molecule has 2 fully saturated rings. The van der Waals surface area contributed by atoms with Gasteiger partial charge in [0.25, 0.3) is 5.91 Å². The Bertz CT molecular complexity index is 778. The van der Waals surface area contributed by atoms with Gasteiger partial charge < -0.3 is 19.1 Å². The molecular formula is C17H19N5O4. The smallest absolute Gasteiger partial charge is 0.254 e. The van der Waals surface area contributed by atoms with Crippen molar-refractivity contribution >= 4 is 11.8 Å². The highest BCUT2D eigenvalue weighted by Crippen LogP contribution is 2.39. The third kappa shape index (κ3) is 3.17. The third-order valence-electron chi connectivity index (χ3n) is 4.63. The van der Waals surface area contributed by atoms with Crippen LogP contribution < -0.4 is 0 Å². The lowest BCUT2D eigenvalue weighted by molar-refractivity contribution is -0.170. The van der Waals surface area contributed by atoms with Crippen molar-refractivity contribution in [3.8, 4) is 0 Å². The highest BCUT2D eigenvalue weighted by atomic mass is 16.5. The van der Waals surface area contributed by atoms with E-state index in [1.165, 1.54) is 11.3 Å². The van der Waals surface area contributed by atoms with E-state index < -0.39 is 12.1 Å². The lowest BCUT2D eigenvalue weighted by Crippen LogP contribution is -2.55. The van der Waals surface area contributed by atoms with E-state index in [0.717, 1.165) is 18.4 Å². The molecule has 26 heavy (non-hydrogen) atoms. The van der Waals surface area contributed by atoms with Crippen LogP contribution in [0.5, 0.6) is 0 Å². The first-order valence-corrected chi connectivity index (χ1v) is 8.48. The molecule has 2 atom stereocenters. The van der Waals surface area contributed by atoms with E-state index in [2.05, 4.69) is 15.1 Å². The number of aromatic nitrogens is 3. The molecular weight excluding hydrogens is 338 g/mol. The molecule has 0 radical (unpaired) electrons. The molecule has 2 aromatic rings. The van der Waals surface area contributed by atoms with Gasteiger partial charge in [0, 0.05) is 25.5 Å². The zero-order chi connectivity index (χ0) is 18.1. The van der Waals surface area contributed by atoms with Crippen LogP contribution in [0.15, 0.2) is 35.4 Å². The van der Waals surface area contributed by atoms with E-state index in [-0.39, 0.29) is 31.0 Å². The van der Waals surface area contributed by atoms with Crippen LogP contribution in [0.3, 0.4) is 0 Å². The molecule has 3 heterocycles. The summed E-state index contributed by atoms with van der Waals surface area (Å²) in [6.45, 7) is 0.103. The molecule has 2 aliphatic rings. The third-order valence-corrected chi connectivity index (χ3v) is 4.63. The number of ether oxygens (including phenoxy) is 1. The number of rotatable bonds is 5. The fraction of sp³-hybridized carbons (Fsp3) is 0.471. The van der Waals surface area contributed by atoms with Gasteiger partial charge in [0.15, 0.2) is 11.9 Å². The molecule has 0 spiro atoms. The number of morpholine rings is 1. The van der Waals surface area contributed by atoms with Gasteiger partial charge in [0.1, 0.15) is 6.61 Å². The monoisotopic (exact) mass is 357 g/mol. The van der Waals surface area contributed by atoms with Crippen LogP contribution in [-0.2, 0) is 20.9 Å². The molecule has 4 rings (SSSR count). The highest BCUT2D eigenvalue weighted by Gasteiger charge is 2.48. The first-order valence-electron chi connectivity index (χ1n) is 8.48. The molecule has 1 aliphatic heterocycles. The zero-order valence-electron chi connectivity index (χ0n) is 14.3. The highest BCUT2D eigenvalue weighted by molar-refractivity contribution is 5.86. The normalized spacial score (nSPS) is 23.1. The summed E-state index contributed by atoms with van der Waals surface area (Å²) < 4.78 is 10.4. The van der Waals surface area contributed by atoms with E-state index in [1.54, 1.807) is 30.4 Å². The van der Waals surface area contributed by atoms with E-state index in [9.17, 15) is 9.59 Å². The summed E-state index contributed by atoms with van der Waals surface area (Å²) in [5.41, 5.74) is 0.791. The van der Waals surface area contributed by atoms with Crippen LogP contribution in [0, 0.1) is 0 Å². The molecule has 9 heteroatoms. The molecule has 1 aliphatic carbocycles. The number of carbonyl (C=O) groups is 2. The maximum Gasteiger partial charge on any atom is 0.254 e. The largest absolute Gasteiger partial charge is 0.356 e. The maximum absolute atomic E-state index is 13.1. The fourth-order valence-corrected chi connectivity index (χ4v) is 3.27. The van der Waals surface area contributed by atoms with Gasteiger partial charge in [-0.15, -0.1) is 0 Å². The average Bonchev–Trinajstić information content (AvgIpc) is 3.37. The Labute approximate surface area is 149 Å². The van der Waals surface area contributed by atoms with Gasteiger partial charge in [-0.2, -0.15) is 4.98 Å². The fourth-order valence-electron chi connectivity index (χ4n) is 3.27. The van der Waals surface area contributed by atoms with Crippen molar-refractivity contribution in [2.45, 2.75) is 37.6 Å². The van der Waals surface area contributed by atoms with E-state index >= 15 is 0 Å². The summed E-state index contributed by atoms with van der Waals surface area (Å²) in [5.74, 6) is 0.0812. The number of nitrogens with zero attached hydrogens (tertiary/aromatic N) is 5. The summed E-state index contributed by atoms with van der Waals surface area (Å²) in [6, 6.07) is 3.34. The Morgan fingerprint density at radius 1 is 1.42 bits per heavy atom. The quantitative estimate of drug-likeness (QED) is 0.770. The van der Waals surface area contributed by atoms with Gasteiger partial charge in [-0.3, -0.25) is 14.6 Å². The molecule has 1 saturated carbocycles. The van der Waals surface area contributed by atoms with Gasteiger partial charge in [-0.05, 0) is 24.5 Å². The van der Waals surface area contributed by atoms with Crippen LogP contribution in [0.25, 0.3) is 0 Å². The van der Waals surface area contributed by atoms with Crippen molar-refractivity contribution in [1.82, 2.24) is 24.9 Å². The van der Waals surface area contributed by atoms with Gasteiger partial charge in [-0.1, -0.05) is 11.2 Å². The van der Waals surface area contributed by atoms with Crippen molar-refractivity contribution in [1.29, 1.82) is 0 Å². The second kappa shape index (κ2) is 6.83. The molecule has 0 N–H and O–H groups in total. The van der Waals surface area contributed by atoms with Crippen LogP contribution in [-0.4, -0.2) is 62.5 Å². The number of hydrogen-bond donors (Lipinski definition) is 0. The second-order valence-corrected chi connectivity index (χ2v) is 6.54. The van der Waals surface area contributed by atoms with Crippen molar-refractivity contribution < 1.29 is 18.8 Å². The summed E-state index contributed by atoms with van der Waals surface area (Å²) in [7, 11) is 1.65. The van der Waals surface area contributed by atoms with E-state index in [0.29, 0.717) is 5.82 Å². The predicted molar refractivity (Wildman–Crippen MR) is 87.4 cm³/mol. The van der Waals surface area contributed by atoms with Gasteiger partial charge in [0.05, 0.1) is 12.6 Å². The number of hydrogen-bond acceptors (Lipinski definition) is 7. The Hall–Kier alpha value is -2.81. The lowest BCUT2D eigenvalue weighted by Gasteiger charge is -2.41. The van der Waals surface area contributed by atoms with Gasteiger partial charge in [0.2, 0.25) is 12.3 Å². The maximum atomic E-state index is 13.1. The molecule has 0 aromatic carbocycles. The Morgan fingerprint density at radius 2 is 2.27 bits per heavy atom. The number of likely N-dealkylation sites (N-methyl/N-ethyl adjacent to an activating group) is 1. The summed E-state index contributed by atoms with van der Waals surface area (Å²) >= 11 is 0. The molecule has 2 aromatic heterocycles.